The molecule has 0 aliphatic carbocycles. The van der Waals surface area contributed by atoms with Gasteiger partial charge < -0.3 is 13.7 Å². The highest BCUT2D eigenvalue weighted by molar-refractivity contribution is 6.14. The highest BCUT2D eigenvalue weighted by Crippen LogP contribution is 2.49. The number of fused-ring (bicyclic) bond motifs is 9. The number of rotatable bonds is 9. The summed E-state index contributed by atoms with van der Waals surface area (Å²) in [7, 11) is 0. The lowest BCUT2D eigenvalue weighted by molar-refractivity contribution is 1.15. The van der Waals surface area contributed by atoms with Crippen molar-refractivity contribution in [1.29, 1.82) is 0 Å². The number of nitrogens with zero attached hydrogens (tertiary/aromatic N) is 5. The molecule has 0 bridgehead atoms. The Hall–Kier alpha value is -10.9. The fourth-order valence-corrected chi connectivity index (χ4v) is 12.7. The summed E-state index contributed by atoms with van der Waals surface area (Å²) in [5.41, 5.74) is 21.1. The Balaban J connectivity index is 1.09. The molecule has 5 heteroatoms. The van der Waals surface area contributed by atoms with Gasteiger partial charge in [0.15, 0.2) is 5.82 Å². The number of para-hydroxylation sites is 7. The van der Waals surface area contributed by atoms with Crippen LogP contribution >= 0.6 is 0 Å². The van der Waals surface area contributed by atoms with Crippen LogP contribution in [0.4, 0.5) is 0 Å². The van der Waals surface area contributed by atoms with Crippen molar-refractivity contribution in [2.45, 2.75) is 0 Å². The molecule has 4 heterocycles. The van der Waals surface area contributed by atoms with Gasteiger partial charge in [0.25, 0.3) is 0 Å². The van der Waals surface area contributed by atoms with Crippen LogP contribution in [0.5, 0.6) is 0 Å². The maximum atomic E-state index is 5.58. The second kappa shape index (κ2) is 18.9. The largest absolute Gasteiger partial charge is 0.309 e. The summed E-state index contributed by atoms with van der Waals surface area (Å²) in [6.45, 7) is 0. The molecule has 0 aliphatic rings. The zero-order chi connectivity index (χ0) is 53.4. The molecule has 0 radical (unpaired) electrons. The van der Waals surface area contributed by atoms with Crippen LogP contribution in [-0.4, -0.2) is 23.7 Å². The van der Waals surface area contributed by atoms with Gasteiger partial charge in [0.05, 0.1) is 61.6 Å². The maximum Gasteiger partial charge on any atom is 0.160 e. The van der Waals surface area contributed by atoms with Crippen LogP contribution in [0.15, 0.2) is 297 Å². The van der Waals surface area contributed by atoms with E-state index in [1.165, 1.54) is 43.4 Å². The van der Waals surface area contributed by atoms with Crippen LogP contribution in [0.1, 0.15) is 0 Å². The van der Waals surface area contributed by atoms with Gasteiger partial charge >= 0.3 is 0 Å². The Morgan fingerprint density at radius 3 is 1.05 bits per heavy atom. The van der Waals surface area contributed by atoms with E-state index >= 15 is 0 Å². The molecule has 0 saturated carbocycles. The minimum absolute atomic E-state index is 0.659. The topological polar surface area (TPSA) is 40.6 Å². The zero-order valence-corrected chi connectivity index (χ0v) is 44.0. The summed E-state index contributed by atoms with van der Waals surface area (Å²) < 4.78 is 7.47. The van der Waals surface area contributed by atoms with Crippen molar-refractivity contribution in [1.82, 2.24) is 23.7 Å². The molecule has 0 aliphatic heterocycles. The third-order valence-electron chi connectivity index (χ3n) is 16.3. The van der Waals surface area contributed by atoms with Gasteiger partial charge in [-0.15, -0.1) is 0 Å². The molecule has 16 aromatic rings. The van der Waals surface area contributed by atoms with Crippen LogP contribution in [0.2, 0.25) is 0 Å². The van der Waals surface area contributed by atoms with Gasteiger partial charge in [-0.2, -0.15) is 0 Å². The lowest BCUT2D eigenvalue weighted by atomic mass is 9.90. The van der Waals surface area contributed by atoms with Gasteiger partial charge in [-0.25, -0.2) is 9.97 Å². The average Bonchev–Trinajstić information content (AvgIpc) is 4.31. The second-order valence-corrected chi connectivity index (χ2v) is 20.8. The van der Waals surface area contributed by atoms with Crippen molar-refractivity contribution in [3.8, 4) is 84.3 Å². The summed E-state index contributed by atoms with van der Waals surface area (Å²) in [6.07, 6.45) is 0. The molecule has 0 fully saturated rings. The third kappa shape index (κ3) is 7.55. The SMILES string of the molecule is c1ccc(-c2ccc3c(c2)c2ccccc2n3-c2c(-c3ccccc3-n3c4ccccc4c4ccccc43)cc(-c3cc(-c4ccccc4)nc(-c4ccccc4)n3)cc2-c2ccccc2-n2c3ccccc3c3ccccc32)cc1. The Bertz CT molecular complexity index is 4760. The predicted molar refractivity (Wildman–Crippen MR) is 338 cm³/mol. The average molecular weight is 1030 g/mol. The molecular formula is C76H49N5. The van der Waals surface area contributed by atoms with Crippen molar-refractivity contribution >= 4 is 65.4 Å². The molecule has 5 nitrogen and oxygen atoms in total. The molecule has 0 amide bonds. The minimum Gasteiger partial charge on any atom is -0.309 e. The third-order valence-corrected chi connectivity index (χ3v) is 16.3. The highest BCUT2D eigenvalue weighted by atomic mass is 15.0. The Morgan fingerprint density at radius 1 is 0.210 bits per heavy atom. The molecule has 12 aromatic carbocycles. The number of benzene rings is 12. The number of aromatic nitrogens is 5. The molecule has 81 heavy (non-hydrogen) atoms. The van der Waals surface area contributed by atoms with Crippen molar-refractivity contribution in [3.63, 3.8) is 0 Å². The van der Waals surface area contributed by atoms with Crippen LogP contribution in [0.3, 0.4) is 0 Å². The van der Waals surface area contributed by atoms with E-state index in [0.29, 0.717) is 5.82 Å². The van der Waals surface area contributed by atoms with E-state index in [0.717, 1.165) is 100 Å². The second-order valence-electron chi connectivity index (χ2n) is 20.8. The van der Waals surface area contributed by atoms with Gasteiger partial charge in [-0.3, -0.25) is 0 Å². The normalized spacial score (nSPS) is 11.7. The van der Waals surface area contributed by atoms with Gasteiger partial charge in [-0.1, -0.05) is 224 Å². The van der Waals surface area contributed by atoms with Crippen LogP contribution in [0.25, 0.3) is 150 Å². The summed E-state index contributed by atoms with van der Waals surface area (Å²) >= 11 is 0. The lowest BCUT2D eigenvalue weighted by Gasteiger charge is -2.24. The first-order valence-electron chi connectivity index (χ1n) is 27.7. The molecule has 16 rings (SSSR count). The zero-order valence-electron chi connectivity index (χ0n) is 44.0. The fraction of sp³-hybridized carbons (Fsp3) is 0. The first kappa shape index (κ1) is 46.2. The highest BCUT2D eigenvalue weighted by Gasteiger charge is 2.27. The van der Waals surface area contributed by atoms with E-state index in [4.69, 9.17) is 9.97 Å². The Kier molecular flexibility index (Phi) is 10.8. The van der Waals surface area contributed by atoms with Crippen molar-refractivity contribution in [2.24, 2.45) is 0 Å². The molecule has 0 N–H and O–H groups in total. The predicted octanol–water partition coefficient (Wildman–Crippen LogP) is 19.8. The molecule has 0 saturated heterocycles. The molecular weight excluding hydrogens is 983 g/mol. The summed E-state index contributed by atoms with van der Waals surface area (Å²) in [5, 5.41) is 7.17. The van der Waals surface area contributed by atoms with E-state index in [9.17, 15) is 0 Å². The van der Waals surface area contributed by atoms with Crippen molar-refractivity contribution in [2.75, 3.05) is 0 Å². The fourth-order valence-electron chi connectivity index (χ4n) is 12.7. The van der Waals surface area contributed by atoms with Gasteiger partial charge in [-0.05, 0) is 83.9 Å². The van der Waals surface area contributed by atoms with Gasteiger partial charge in [0.2, 0.25) is 0 Å². The first-order chi connectivity index (χ1) is 40.2. The van der Waals surface area contributed by atoms with Crippen LogP contribution in [-0.2, 0) is 0 Å². The molecule has 0 atom stereocenters. The van der Waals surface area contributed by atoms with Gasteiger partial charge in [0, 0.05) is 71.3 Å². The molecule has 0 unspecified atom stereocenters. The molecule has 4 aromatic heterocycles. The van der Waals surface area contributed by atoms with Gasteiger partial charge in [0.1, 0.15) is 0 Å². The first-order valence-corrected chi connectivity index (χ1v) is 27.7. The van der Waals surface area contributed by atoms with E-state index in [2.05, 4.69) is 305 Å². The van der Waals surface area contributed by atoms with E-state index in [1.807, 2.05) is 6.07 Å². The van der Waals surface area contributed by atoms with Crippen LogP contribution < -0.4 is 0 Å². The Labute approximate surface area is 468 Å². The Morgan fingerprint density at radius 2 is 0.568 bits per heavy atom. The quantitative estimate of drug-likeness (QED) is 0.145. The van der Waals surface area contributed by atoms with E-state index in [-0.39, 0.29) is 0 Å². The standard InChI is InChI=1S/C76H49N5/c1-4-24-50(25-5-1)53-44-45-74-62(46-53)59-34-14-23-43-73(59)81(74)75-63(60-35-15-21-41-71(60)79-67-37-17-10-30-55(67)56-31-11-18-38-68(56)79)47-54(66-49-65(51-26-6-2-7-27-51)77-76(78-66)52-28-8-3-9-29-52)48-64(75)61-36-16-22-42-72(61)80-69-39-19-12-32-57(69)58-33-13-20-40-70(58)80/h1-49H. The maximum absolute atomic E-state index is 5.58. The minimum atomic E-state index is 0.659. The molecule has 378 valence electrons. The number of hydrogen-bond acceptors (Lipinski definition) is 2. The summed E-state index contributed by atoms with van der Waals surface area (Å²) in [4.78, 5) is 10.9. The van der Waals surface area contributed by atoms with Crippen molar-refractivity contribution in [3.05, 3.63) is 297 Å². The smallest absolute Gasteiger partial charge is 0.160 e. The van der Waals surface area contributed by atoms with Crippen LogP contribution in [0, 0.1) is 0 Å². The van der Waals surface area contributed by atoms with Crippen molar-refractivity contribution < 1.29 is 0 Å². The molecule has 0 spiro atoms. The summed E-state index contributed by atoms with van der Waals surface area (Å²) in [5.74, 6) is 0.659. The van der Waals surface area contributed by atoms with E-state index in [1.54, 1.807) is 0 Å². The summed E-state index contributed by atoms with van der Waals surface area (Å²) in [6, 6.07) is 108. The van der Waals surface area contributed by atoms with E-state index < -0.39 is 0 Å². The number of hydrogen-bond donors (Lipinski definition) is 0. The lowest BCUT2D eigenvalue weighted by Crippen LogP contribution is -2.06. The monoisotopic (exact) mass is 1030 g/mol.